The lowest BCUT2D eigenvalue weighted by Gasteiger charge is -2.13. The van der Waals surface area contributed by atoms with Gasteiger partial charge in [-0.3, -0.25) is 4.79 Å². The highest BCUT2D eigenvalue weighted by Gasteiger charge is 2.40. The number of amides is 1. The molecule has 1 amide bonds. The Labute approximate surface area is 175 Å². The number of pyridine rings is 2. The summed E-state index contributed by atoms with van der Waals surface area (Å²) in [6.07, 6.45) is 0.478. The van der Waals surface area contributed by atoms with Crippen LogP contribution in [0.15, 0.2) is 49.2 Å². The van der Waals surface area contributed by atoms with Gasteiger partial charge in [0, 0.05) is 0 Å². The van der Waals surface area contributed by atoms with Crippen molar-refractivity contribution >= 4 is 11.6 Å². The summed E-state index contributed by atoms with van der Waals surface area (Å²) in [4.78, 5) is 21.0. The van der Waals surface area contributed by atoms with Gasteiger partial charge >= 0.3 is 6.18 Å². The molecule has 0 saturated heterocycles. The van der Waals surface area contributed by atoms with Crippen molar-refractivity contribution in [3.63, 3.8) is 0 Å². The van der Waals surface area contributed by atoms with Gasteiger partial charge in [-0.15, -0.1) is 4.80 Å². The molecule has 0 atom stereocenters. The van der Waals surface area contributed by atoms with Gasteiger partial charge in [-0.25, -0.2) is 14.6 Å². The van der Waals surface area contributed by atoms with Crippen molar-refractivity contribution in [3.05, 3.63) is 72.0 Å². The molecule has 1 N–H and O–H groups in total. The van der Waals surface area contributed by atoms with Crippen molar-refractivity contribution in [2.45, 2.75) is 6.18 Å². The zero-order valence-electron chi connectivity index (χ0n) is 15.6. The summed E-state index contributed by atoms with van der Waals surface area (Å²) in [5, 5.41) is 22.9. The van der Waals surface area contributed by atoms with Crippen LogP contribution in [0.5, 0.6) is 0 Å². The second-order valence-corrected chi connectivity index (χ2v) is 6.14. The average Bonchev–Trinajstić information content (AvgIpc) is 3.44. The fourth-order valence-electron chi connectivity index (χ4n) is 2.77. The average molecular weight is 443 g/mol. The number of hydrogen-bond acceptors (Lipinski definition) is 7. The standard InChI is InChI=1S/C18H9F4N9O/c19-14-2-1-12(8-24-14)30-15(18(20,21)22)13(9-28-30)17(32)29-11-5-10(6-23)16(25-7-11)31-26-3-4-27-31/h1-5,7-9H,(H,29,32). The number of nitrogens with zero attached hydrogens (tertiary/aromatic N) is 8. The lowest BCUT2D eigenvalue weighted by atomic mass is 10.2. The summed E-state index contributed by atoms with van der Waals surface area (Å²) in [7, 11) is 0. The van der Waals surface area contributed by atoms with Crippen molar-refractivity contribution < 1.29 is 22.4 Å². The number of alkyl halides is 3. The number of anilines is 1. The first-order chi connectivity index (χ1) is 15.3. The molecule has 10 nitrogen and oxygen atoms in total. The number of nitrogens with one attached hydrogen (secondary N) is 1. The van der Waals surface area contributed by atoms with Crippen molar-refractivity contribution in [2.75, 3.05) is 5.32 Å². The first kappa shape index (κ1) is 20.6. The minimum Gasteiger partial charge on any atom is -0.320 e. The lowest BCUT2D eigenvalue weighted by molar-refractivity contribution is -0.143. The number of halogens is 4. The number of carbonyl (C=O) groups excluding carboxylic acids is 1. The van der Waals surface area contributed by atoms with Gasteiger partial charge in [0.25, 0.3) is 5.91 Å². The monoisotopic (exact) mass is 443 g/mol. The van der Waals surface area contributed by atoms with Crippen LogP contribution in [0.4, 0.5) is 23.2 Å². The van der Waals surface area contributed by atoms with E-state index < -0.39 is 29.3 Å². The van der Waals surface area contributed by atoms with Gasteiger partial charge in [0.1, 0.15) is 11.6 Å². The molecule has 4 aromatic heterocycles. The molecule has 4 heterocycles. The number of nitriles is 1. The van der Waals surface area contributed by atoms with Gasteiger partial charge < -0.3 is 5.32 Å². The van der Waals surface area contributed by atoms with Gasteiger partial charge in [0.05, 0.1) is 47.9 Å². The van der Waals surface area contributed by atoms with E-state index in [-0.39, 0.29) is 22.8 Å². The molecule has 0 unspecified atom stereocenters. The highest BCUT2D eigenvalue weighted by molar-refractivity contribution is 6.05. The molecule has 0 saturated carbocycles. The van der Waals surface area contributed by atoms with Gasteiger partial charge in [-0.1, -0.05) is 0 Å². The van der Waals surface area contributed by atoms with Gasteiger partial charge in [-0.05, 0) is 18.2 Å². The Morgan fingerprint density at radius 1 is 1.06 bits per heavy atom. The Morgan fingerprint density at radius 3 is 2.44 bits per heavy atom. The third kappa shape index (κ3) is 3.86. The van der Waals surface area contributed by atoms with Crippen LogP contribution in [0.2, 0.25) is 0 Å². The van der Waals surface area contributed by atoms with Crippen molar-refractivity contribution in [1.82, 2.24) is 34.7 Å². The van der Waals surface area contributed by atoms with E-state index in [0.717, 1.165) is 35.5 Å². The quantitative estimate of drug-likeness (QED) is 0.379. The van der Waals surface area contributed by atoms with Crippen molar-refractivity contribution in [2.24, 2.45) is 0 Å². The number of carbonyl (C=O) groups is 1. The van der Waals surface area contributed by atoms with Crippen LogP contribution in [-0.2, 0) is 6.18 Å². The largest absolute Gasteiger partial charge is 0.434 e. The van der Waals surface area contributed by atoms with E-state index >= 15 is 0 Å². The molecule has 0 aromatic carbocycles. The second kappa shape index (κ2) is 7.87. The molecule has 0 fully saturated rings. The van der Waals surface area contributed by atoms with E-state index in [1.807, 2.05) is 6.07 Å². The van der Waals surface area contributed by atoms with Crippen LogP contribution in [0.3, 0.4) is 0 Å². The summed E-state index contributed by atoms with van der Waals surface area (Å²) in [5.41, 5.74) is -2.43. The zero-order valence-corrected chi connectivity index (χ0v) is 15.6. The Bertz CT molecular complexity index is 1320. The fourth-order valence-corrected chi connectivity index (χ4v) is 2.77. The number of aromatic nitrogens is 7. The third-order valence-corrected chi connectivity index (χ3v) is 4.09. The molecule has 0 bridgehead atoms. The number of rotatable bonds is 4. The van der Waals surface area contributed by atoms with E-state index in [9.17, 15) is 27.6 Å². The van der Waals surface area contributed by atoms with Crippen LogP contribution >= 0.6 is 0 Å². The summed E-state index contributed by atoms with van der Waals surface area (Å²) >= 11 is 0. The predicted molar refractivity (Wildman–Crippen MR) is 98.1 cm³/mol. The summed E-state index contributed by atoms with van der Waals surface area (Å²) < 4.78 is 54.6. The minimum atomic E-state index is -4.97. The topological polar surface area (TPSA) is 127 Å². The Hall–Kier alpha value is -4.67. The molecule has 0 spiro atoms. The normalized spacial score (nSPS) is 11.2. The Kier molecular flexibility index (Phi) is 5.07. The van der Waals surface area contributed by atoms with Crippen molar-refractivity contribution in [3.8, 4) is 17.6 Å². The smallest absolute Gasteiger partial charge is 0.320 e. The molecule has 0 aliphatic carbocycles. The molecule has 14 heteroatoms. The highest BCUT2D eigenvalue weighted by atomic mass is 19.4. The molecular weight excluding hydrogens is 434 g/mol. The molecule has 0 radical (unpaired) electrons. The third-order valence-electron chi connectivity index (χ3n) is 4.09. The summed E-state index contributed by atoms with van der Waals surface area (Å²) in [6, 6.07) is 4.97. The molecular formula is C18H9F4N9O. The van der Waals surface area contributed by atoms with E-state index in [1.165, 1.54) is 18.5 Å². The minimum absolute atomic E-state index is 0.0249. The maximum Gasteiger partial charge on any atom is 0.434 e. The molecule has 160 valence electrons. The predicted octanol–water partition coefficient (Wildman–Crippen LogP) is 2.52. The summed E-state index contributed by atoms with van der Waals surface area (Å²) in [5.74, 6) is -1.96. The Morgan fingerprint density at radius 2 is 1.81 bits per heavy atom. The van der Waals surface area contributed by atoms with E-state index in [1.54, 1.807) is 0 Å². The van der Waals surface area contributed by atoms with Gasteiger partial charge in [0.15, 0.2) is 11.5 Å². The van der Waals surface area contributed by atoms with Crippen LogP contribution in [-0.4, -0.2) is 40.6 Å². The van der Waals surface area contributed by atoms with Gasteiger partial charge in [0.2, 0.25) is 5.95 Å². The SMILES string of the molecule is N#Cc1cc(NC(=O)c2cnn(-c3ccc(F)nc3)c2C(F)(F)F)cnc1-n1nccn1. The molecule has 0 aliphatic heterocycles. The molecule has 4 rings (SSSR count). The maximum atomic E-state index is 13.7. The van der Waals surface area contributed by atoms with E-state index in [0.29, 0.717) is 4.68 Å². The fraction of sp³-hybridized carbons (Fsp3) is 0.0556. The second-order valence-electron chi connectivity index (χ2n) is 6.14. The van der Waals surface area contributed by atoms with E-state index in [4.69, 9.17) is 0 Å². The van der Waals surface area contributed by atoms with Crippen LogP contribution in [0.25, 0.3) is 11.5 Å². The van der Waals surface area contributed by atoms with E-state index in [2.05, 4.69) is 30.6 Å². The number of hydrogen-bond donors (Lipinski definition) is 1. The Balaban J connectivity index is 1.68. The first-order valence-electron chi connectivity index (χ1n) is 8.63. The first-order valence-corrected chi connectivity index (χ1v) is 8.63. The molecule has 4 aromatic rings. The highest BCUT2D eigenvalue weighted by Crippen LogP contribution is 2.34. The summed E-state index contributed by atoms with van der Waals surface area (Å²) in [6.45, 7) is 0. The molecule has 0 aliphatic rings. The molecule has 32 heavy (non-hydrogen) atoms. The van der Waals surface area contributed by atoms with Crippen LogP contribution in [0, 0.1) is 17.3 Å². The van der Waals surface area contributed by atoms with Crippen LogP contribution in [0.1, 0.15) is 21.6 Å². The maximum absolute atomic E-state index is 13.7. The van der Waals surface area contributed by atoms with Crippen molar-refractivity contribution in [1.29, 1.82) is 5.26 Å². The zero-order chi connectivity index (χ0) is 22.9. The van der Waals surface area contributed by atoms with Crippen LogP contribution < -0.4 is 5.32 Å². The lowest BCUT2D eigenvalue weighted by Crippen LogP contribution is -2.21. The van der Waals surface area contributed by atoms with Gasteiger partial charge in [-0.2, -0.15) is 38.1 Å².